The van der Waals surface area contributed by atoms with Crippen molar-refractivity contribution in [2.75, 3.05) is 17.1 Å². The molecular weight excluding hydrogens is 431 g/mol. The molecule has 0 unspecified atom stereocenters. The normalized spacial score (nSPS) is 11.4. The van der Waals surface area contributed by atoms with E-state index in [-0.39, 0.29) is 16.5 Å². The molecule has 164 valence electrons. The Hall–Kier alpha value is -3.72. The van der Waals surface area contributed by atoms with Crippen LogP contribution in [-0.2, 0) is 10.0 Å². The lowest BCUT2D eigenvalue weighted by atomic mass is 10.2. The first kappa shape index (κ1) is 21.5. The summed E-state index contributed by atoms with van der Waals surface area (Å²) in [4.78, 5) is 9.06. The summed E-state index contributed by atoms with van der Waals surface area (Å²) in [6.07, 6.45) is 0. The molecule has 4 aromatic rings. The number of nitrogens with one attached hydrogen (secondary N) is 2. The van der Waals surface area contributed by atoms with Crippen LogP contribution in [0.25, 0.3) is 11.0 Å². The molecule has 0 bridgehead atoms. The molecule has 0 atom stereocenters. The zero-order valence-electron chi connectivity index (χ0n) is 17.7. The number of hydrogen-bond acceptors (Lipinski definition) is 6. The Balaban J connectivity index is 1.80. The number of aryl methyl sites for hydroxylation is 2. The van der Waals surface area contributed by atoms with Crippen LogP contribution >= 0.6 is 0 Å². The molecule has 9 heteroatoms. The summed E-state index contributed by atoms with van der Waals surface area (Å²) in [5, 5.41) is 2.97. The molecule has 0 amide bonds. The van der Waals surface area contributed by atoms with E-state index in [2.05, 4.69) is 20.0 Å². The van der Waals surface area contributed by atoms with Gasteiger partial charge in [-0.3, -0.25) is 4.72 Å². The molecule has 0 aliphatic rings. The average Bonchev–Trinajstić information content (AvgIpc) is 2.76. The van der Waals surface area contributed by atoms with Gasteiger partial charge in [-0.05, 0) is 55.8 Å². The van der Waals surface area contributed by atoms with Gasteiger partial charge in [0.25, 0.3) is 10.0 Å². The van der Waals surface area contributed by atoms with Crippen LogP contribution < -0.4 is 14.8 Å². The van der Waals surface area contributed by atoms with E-state index >= 15 is 0 Å². The fraction of sp³-hybridized carbons (Fsp3) is 0.130. The largest absolute Gasteiger partial charge is 0.497 e. The molecule has 0 saturated carbocycles. The van der Waals surface area contributed by atoms with Crippen LogP contribution in [0.2, 0.25) is 0 Å². The topological polar surface area (TPSA) is 93.2 Å². The standard InChI is InChI=1S/C23H21FN4O3S/c1-14-4-9-18(10-5-14)32(29,30)28-23-22(25-16-7-6-15(2)19(24)12-16)27-21-13-17(31-3)8-11-20(21)26-23/h4-13H,1-3H3,(H,25,27)(H,26,28). The quantitative estimate of drug-likeness (QED) is 0.431. The highest BCUT2D eigenvalue weighted by Crippen LogP contribution is 2.29. The Morgan fingerprint density at radius 3 is 2.28 bits per heavy atom. The first-order valence-corrected chi connectivity index (χ1v) is 11.2. The third kappa shape index (κ3) is 4.47. The molecule has 0 aliphatic heterocycles. The molecule has 1 aromatic heterocycles. The van der Waals surface area contributed by atoms with E-state index < -0.39 is 15.8 Å². The molecule has 32 heavy (non-hydrogen) atoms. The lowest BCUT2D eigenvalue weighted by Crippen LogP contribution is -2.16. The van der Waals surface area contributed by atoms with Crippen molar-refractivity contribution in [3.8, 4) is 5.75 Å². The van der Waals surface area contributed by atoms with Crippen molar-refractivity contribution in [1.29, 1.82) is 0 Å². The van der Waals surface area contributed by atoms with Crippen LogP contribution in [0, 0.1) is 19.7 Å². The Morgan fingerprint density at radius 1 is 0.875 bits per heavy atom. The van der Waals surface area contributed by atoms with Crippen molar-refractivity contribution in [2.45, 2.75) is 18.7 Å². The molecule has 0 fully saturated rings. The van der Waals surface area contributed by atoms with E-state index in [0.717, 1.165) is 5.56 Å². The van der Waals surface area contributed by atoms with Crippen LogP contribution in [-0.4, -0.2) is 25.5 Å². The third-order valence-corrected chi connectivity index (χ3v) is 6.22. The number of nitrogens with zero attached hydrogens (tertiary/aromatic N) is 2. The monoisotopic (exact) mass is 452 g/mol. The number of ether oxygens (including phenoxy) is 1. The number of benzene rings is 3. The second-order valence-corrected chi connectivity index (χ2v) is 8.97. The van der Waals surface area contributed by atoms with Crippen LogP contribution in [0.5, 0.6) is 5.75 Å². The molecule has 4 rings (SSSR count). The molecule has 7 nitrogen and oxygen atoms in total. The van der Waals surface area contributed by atoms with E-state index in [1.165, 1.54) is 25.3 Å². The van der Waals surface area contributed by atoms with Crippen LogP contribution in [0.4, 0.5) is 21.7 Å². The lowest BCUT2D eigenvalue weighted by molar-refractivity contribution is 0.415. The fourth-order valence-electron chi connectivity index (χ4n) is 3.03. The maximum atomic E-state index is 14.1. The van der Waals surface area contributed by atoms with E-state index in [9.17, 15) is 12.8 Å². The SMILES string of the molecule is COc1ccc2nc(NS(=O)(=O)c3ccc(C)cc3)c(Nc3ccc(C)c(F)c3)nc2c1. The minimum atomic E-state index is -3.93. The van der Waals surface area contributed by atoms with Crippen molar-refractivity contribution in [1.82, 2.24) is 9.97 Å². The highest BCUT2D eigenvalue weighted by atomic mass is 32.2. The molecule has 0 saturated heterocycles. The van der Waals surface area contributed by atoms with Crippen LogP contribution in [0.1, 0.15) is 11.1 Å². The summed E-state index contributed by atoms with van der Waals surface area (Å²) in [6.45, 7) is 3.53. The summed E-state index contributed by atoms with van der Waals surface area (Å²) < 4.78 is 47.7. The van der Waals surface area contributed by atoms with Gasteiger partial charge < -0.3 is 10.1 Å². The van der Waals surface area contributed by atoms with Gasteiger partial charge in [-0.15, -0.1) is 0 Å². The molecule has 2 N–H and O–H groups in total. The highest BCUT2D eigenvalue weighted by Gasteiger charge is 2.19. The summed E-state index contributed by atoms with van der Waals surface area (Å²) in [5.74, 6) is 0.299. The predicted octanol–water partition coefficient (Wildman–Crippen LogP) is 4.94. The maximum absolute atomic E-state index is 14.1. The van der Waals surface area contributed by atoms with Crippen molar-refractivity contribution in [2.24, 2.45) is 0 Å². The molecule has 0 spiro atoms. The molecule has 3 aromatic carbocycles. The number of hydrogen-bond donors (Lipinski definition) is 2. The fourth-order valence-corrected chi connectivity index (χ4v) is 4.04. The van der Waals surface area contributed by atoms with Crippen molar-refractivity contribution < 1.29 is 17.5 Å². The van der Waals surface area contributed by atoms with Gasteiger partial charge in [0.05, 0.1) is 23.0 Å². The first-order valence-electron chi connectivity index (χ1n) is 9.73. The van der Waals surface area contributed by atoms with Crippen molar-refractivity contribution >= 4 is 38.4 Å². The molecule has 0 radical (unpaired) electrons. The minimum Gasteiger partial charge on any atom is -0.497 e. The second-order valence-electron chi connectivity index (χ2n) is 7.28. The van der Waals surface area contributed by atoms with Gasteiger partial charge in [-0.25, -0.2) is 22.8 Å². The Kier molecular flexibility index (Phi) is 5.67. The van der Waals surface area contributed by atoms with Gasteiger partial charge in [-0.1, -0.05) is 23.8 Å². The van der Waals surface area contributed by atoms with Gasteiger partial charge in [0, 0.05) is 11.8 Å². The van der Waals surface area contributed by atoms with Crippen LogP contribution in [0.15, 0.2) is 65.6 Å². The second kappa shape index (κ2) is 8.43. The lowest BCUT2D eigenvalue weighted by Gasteiger charge is -2.14. The van der Waals surface area contributed by atoms with Gasteiger partial charge in [0.1, 0.15) is 11.6 Å². The maximum Gasteiger partial charge on any atom is 0.263 e. The number of halogens is 1. The van der Waals surface area contributed by atoms with Crippen molar-refractivity contribution in [3.63, 3.8) is 0 Å². The number of anilines is 3. The Labute approximate surface area is 185 Å². The number of rotatable bonds is 6. The van der Waals surface area contributed by atoms with E-state index in [1.54, 1.807) is 49.4 Å². The number of aromatic nitrogens is 2. The van der Waals surface area contributed by atoms with E-state index in [1.807, 2.05) is 6.92 Å². The van der Waals surface area contributed by atoms with Gasteiger partial charge in [0.15, 0.2) is 11.6 Å². The first-order chi connectivity index (χ1) is 15.2. The molecule has 1 heterocycles. The van der Waals surface area contributed by atoms with Gasteiger partial charge in [-0.2, -0.15) is 0 Å². The van der Waals surface area contributed by atoms with Crippen molar-refractivity contribution in [3.05, 3.63) is 77.6 Å². The number of fused-ring (bicyclic) bond motifs is 1. The highest BCUT2D eigenvalue weighted by molar-refractivity contribution is 7.92. The summed E-state index contributed by atoms with van der Waals surface area (Å²) in [7, 11) is -2.40. The van der Waals surface area contributed by atoms with Gasteiger partial charge >= 0.3 is 0 Å². The summed E-state index contributed by atoms with van der Waals surface area (Å²) >= 11 is 0. The average molecular weight is 453 g/mol. The van der Waals surface area contributed by atoms with E-state index in [0.29, 0.717) is 28.0 Å². The Bertz CT molecular complexity index is 1410. The van der Waals surface area contributed by atoms with Crippen LogP contribution in [0.3, 0.4) is 0 Å². The zero-order chi connectivity index (χ0) is 22.9. The van der Waals surface area contributed by atoms with Gasteiger partial charge in [0.2, 0.25) is 0 Å². The minimum absolute atomic E-state index is 0.00998. The predicted molar refractivity (Wildman–Crippen MR) is 122 cm³/mol. The molecule has 0 aliphatic carbocycles. The Morgan fingerprint density at radius 2 is 1.59 bits per heavy atom. The molecular formula is C23H21FN4O3S. The van der Waals surface area contributed by atoms with E-state index in [4.69, 9.17) is 4.74 Å². The number of sulfonamides is 1. The zero-order valence-corrected chi connectivity index (χ0v) is 18.5. The third-order valence-electron chi connectivity index (χ3n) is 4.87. The summed E-state index contributed by atoms with van der Waals surface area (Å²) in [5.41, 5.74) is 2.78. The number of methoxy groups -OCH3 is 1. The summed E-state index contributed by atoms with van der Waals surface area (Å²) in [6, 6.07) is 16.1. The smallest absolute Gasteiger partial charge is 0.263 e.